The van der Waals surface area contributed by atoms with Crippen molar-refractivity contribution in [3.8, 4) is 5.75 Å². The highest BCUT2D eigenvalue weighted by atomic mass is 35.5. The number of nitrogens with one attached hydrogen (secondary N) is 1. The van der Waals surface area contributed by atoms with Crippen molar-refractivity contribution >= 4 is 11.6 Å². The van der Waals surface area contributed by atoms with Crippen LogP contribution in [0.5, 0.6) is 5.75 Å². The SMILES string of the molecule is CCCNC(c1ccc(Cl)c(OC)c1)c1ccncn1. The van der Waals surface area contributed by atoms with Crippen molar-refractivity contribution in [1.82, 2.24) is 15.3 Å². The molecule has 4 nitrogen and oxygen atoms in total. The molecule has 2 aromatic rings. The van der Waals surface area contributed by atoms with Crippen molar-refractivity contribution in [2.75, 3.05) is 13.7 Å². The summed E-state index contributed by atoms with van der Waals surface area (Å²) in [6, 6.07) is 7.69. The minimum Gasteiger partial charge on any atom is -0.495 e. The third kappa shape index (κ3) is 3.46. The van der Waals surface area contributed by atoms with E-state index in [-0.39, 0.29) is 6.04 Å². The molecule has 1 atom stereocenters. The molecule has 0 aliphatic heterocycles. The van der Waals surface area contributed by atoms with E-state index in [1.807, 2.05) is 24.3 Å². The van der Waals surface area contributed by atoms with Crippen molar-refractivity contribution in [3.05, 3.63) is 53.1 Å². The molecular formula is C15H18ClN3O. The van der Waals surface area contributed by atoms with Gasteiger partial charge in [0.25, 0.3) is 0 Å². The zero-order valence-corrected chi connectivity index (χ0v) is 12.4. The van der Waals surface area contributed by atoms with E-state index >= 15 is 0 Å². The van der Waals surface area contributed by atoms with Crippen LogP contribution in [0.4, 0.5) is 0 Å². The highest BCUT2D eigenvalue weighted by Crippen LogP contribution is 2.29. The third-order valence-corrected chi connectivity index (χ3v) is 3.32. The van der Waals surface area contributed by atoms with Gasteiger partial charge in [0.2, 0.25) is 0 Å². The Bertz CT molecular complexity index is 548. The molecule has 1 unspecified atom stereocenters. The summed E-state index contributed by atoms with van der Waals surface area (Å²) in [6.07, 6.45) is 4.35. The summed E-state index contributed by atoms with van der Waals surface area (Å²) in [5, 5.41) is 4.09. The predicted octanol–water partition coefficient (Wildman–Crippen LogP) is 3.23. The average molecular weight is 292 g/mol. The maximum absolute atomic E-state index is 6.08. The van der Waals surface area contributed by atoms with Crippen molar-refractivity contribution < 1.29 is 4.74 Å². The van der Waals surface area contributed by atoms with E-state index in [4.69, 9.17) is 16.3 Å². The van der Waals surface area contributed by atoms with Crippen LogP contribution in [0.1, 0.15) is 30.6 Å². The van der Waals surface area contributed by atoms with Gasteiger partial charge in [-0.25, -0.2) is 9.97 Å². The molecule has 106 valence electrons. The van der Waals surface area contributed by atoms with Crippen molar-refractivity contribution in [2.24, 2.45) is 0 Å². The molecule has 1 aromatic carbocycles. The van der Waals surface area contributed by atoms with E-state index < -0.39 is 0 Å². The van der Waals surface area contributed by atoms with Crippen LogP contribution in [0.2, 0.25) is 5.02 Å². The van der Waals surface area contributed by atoms with E-state index in [1.165, 1.54) is 0 Å². The van der Waals surface area contributed by atoms with Crippen LogP contribution < -0.4 is 10.1 Å². The normalized spacial score (nSPS) is 12.2. The standard InChI is InChI=1S/C15H18ClN3O/c1-3-7-18-15(13-6-8-17-10-19-13)11-4-5-12(16)14(9-11)20-2/h4-6,8-10,15,18H,3,7H2,1-2H3. The van der Waals surface area contributed by atoms with Crippen molar-refractivity contribution in [1.29, 1.82) is 0 Å². The molecule has 0 aliphatic carbocycles. The molecular weight excluding hydrogens is 274 g/mol. The van der Waals surface area contributed by atoms with Crippen LogP contribution in [0, 0.1) is 0 Å². The fourth-order valence-corrected chi connectivity index (χ4v) is 2.20. The maximum Gasteiger partial charge on any atom is 0.137 e. The molecule has 0 saturated heterocycles. The molecule has 20 heavy (non-hydrogen) atoms. The largest absolute Gasteiger partial charge is 0.495 e. The monoisotopic (exact) mass is 291 g/mol. The van der Waals surface area contributed by atoms with Gasteiger partial charge in [-0.2, -0.15) is 0 Å². The van der Waals surface area contributed by atoms with Crippen LogP contribution in [0.15, 0.2) is 36.8 Å². The summed E-state index contributed by atoms with van der Waals surface area (Å²) < 4.78 is 5.28. The Hall–Kier alpha value is -1.65. The highest BCUT2D eigenvalue weighted by molar-refractivity contribution is 6.32. The van der Waals surface area contributed by atoms with Crippen LogP contribution in [0.25, 0.3) is 0 Å². The predicted molar refractivity (Wildman–Crippen MR) is 80.2 cm³/mol. The molecule has 0 bridgehead atoms. The Morgan fingerprint density at radius 3 is 2.85 bits per heavy atom. The minimum absolute atomic E-state index is 0.00381. The number of nitrogens with zero attached hydrogens (tertiary/aromatic N) is 2. The number of aromatic nitrogens is 2. The lowest BCUT2D eigenvalue weighted by Gasteiger charge is -2.19. The Morgan fingerprint density at radius 1 is 1.35 bits per heavy atom. The fourth-order valence-electron chi connectivity index (χ4n) is 2.01. The topological polar surface area (TPSA) is 47.0 Å². The molecule has 0 fully saturated rings. The fraction of sp³-hybridized carbons (Fsp3) is 0.333. The van der Waals surface area contributed by atoms with Gasteiger partial charge in [-0.1, -0.05) is 24.6 Å². The van der Waals surface area contributed by atoms with Gasteiger partial charge in [0.15, 0.2) is 0 Å². The first-order chi connectivity index (χ1) is 9.76. The van der Waals surface area contributed by atoms with Gasteiger partial charge < -0.3 is 10.1 Å². The Labute approximate surface area is 124 Å². The summed E-state index contributed by atoms with van der Waals surface area (Å²) in [7, 11) is 1.62. The smallest absolute Gasteiger partial charge is 0.137 e. The number of hydrogen-bond acceptors (Lipinski definition) is 4. The van der Waals surface area contributed by atoms with Gasteiger partial charge in [0, 0.05) is 6.20 Å². The van der Waals surface area contributed by atoms with E-state index in [1.54, 1.807) is 19.6 Å². The molecule has 5 heteroatoms. The lowest BCUT2D eigenvalue weighted by molar-refractivity contribution is 0.413. The van der Waals surface area contributed by atoms with Crippen LogP contribution in [-0.4, -0.2) is 23.6 Å². The summed E-state index contributed by atoms with van der Waals surface area (Å²) in [6.45, 7) is 3.03. The van der Waals surface area contributed by atoms with Gasteiger partial charge in [0.1, 0.15) is 12.1 Å². The first-order valence-electron chi connectivity index (χ1n) is 6.59. The zero-order chi connectivity index (χ0) is 14.4. The Morgan fingerprint density at radius 2 is 2.20 bits per heavy atom. The first-order valence-corrected chi connectivity index (χ1v) is 6.96. The highest BCUT2D eigenvalue weighted by Gasteiger charge is 2.16. The van der Waals surface area contributed by atoms with Gasteiger partial charge in [0.05, 0.1) is 23.9 Å². The van der Waals surface area contributed by atoms with Crippen LogP contribution >= 0.6 is 11.6 Å². The summed E-state index contributed by atoms with van der Waals surface area (Å²) in [5.41, 5.74) is 2.00. The van der Waals surface area contributed by atoms with Crippen LogP contribution in [0.3, 0.4) is 0 Å². The average Bonchev–Trinajstić information content (AvgIpc) is 2.50. The number of hydrogen-bond donors (Lipinski definition) is 1. The van der Waals surface area contributed by atoms with E-state index in [2.05, 4.69) is 22.2 Å². The first kappa shape index (κ1) is 14.8. The Balaban J connectivity index is 2.36. The van der Waals surface area contributed by atoms with Crippen molar-refractivity contribution in [2.45, 2.75) is 19.4 Å². The van der Waals surface area contributed by atoms with Gasteiger partial charge in [-0.15, -0.1) is 0 Å². The molecule has 0 radical (unpaired) electrons. The molecule has 2 rings (SSSR count). The van der Waals surface area contributed by atoms with E-state index in [0.717, 1.165) is 24.2 Å². The number of methoxy groups -OCH3 is 1. The molecule has 0 aliphatic rings. The van der Waals surface area contributed by atoms with Gasteiger partial charge in [-0.05, 0) is 36.7 Å². The molecule has 1 aromatic heterocycles. The quantitative estimate of drug-likeness (QED) is 0.888. The van der Waals surface area contributed by atoms with Gasteiger partial charge in [-0.3, -0.25) is 0 Å². The number of rotatable bonds is 6. The second-order valence-electron chi connectivity index (χ2n) is 4.42. The number of benzene rings is 1. The third-order valence-electron chi connectivity index (χ3n) is 3.01. The molecule has 0 amide bonds. The molecule has 1 N–H and O–H groups in total. The Kier molecular flexibility index (Phi) is 5.32. The summed E-state index contributed by atoms with van der Waals surface area (Å²) >= 11 is 6.08. The summed E-state index contributed by atoms with van der Waals surface area (Å²) in [4.78, 5) is 8.30. The van der Waals surface area contributed by atoms with E-state index in [0.29, 0.717) is 10.8 Å². The number of halogens is 1. The molecule has 1 heterocycles. The maximum atomic E-state index is 6.08. The number of ether oxygens (including phenoxy) is 1. The zero-order valence-electron chi connectivity index (χ0n) is 11.6. The van der Waals surface area contributed by atoms with Crippen molar-refractivity contribution in [3.63, 3.8) is 0 Å². The second-order valence-corrected chi connectivity index (χ2v) is 4.82. The molecule has 0 saturated carbocycles. The molecule has 0 spiro atoms. The second kappa shape index (κ2) is 7.22. The lowest BCUT2D eigenvalue weighted by atomic mass is 10.0. The lowest BCUT2D eigenvalue weighted by Crippen LogP contribution is -2.24. The minimum atomic E-state index is 0.00381. The van der Waals surface area contributed by atoms with E-state index in [9.17, 15) is 0 Å². The summed E-state index contributed by atoms with van der Waals surface area (Å²) in [5.74, 6) is 0.668. The van der Waals surface area contributed by atoms with Gasteiger partial charge >= 0.3 is 0 Å². The van der Waals surface area contributed by atoms with Crippen LogP contribution in [-0.2, 0) is 0 Å².